The minimum absolute atomic E-state index is 0.0672. The maximum atomic E-state index is 13.4. The van der Waals surface area contributed by atoms with Gasteiger partial charge in [0, 0.05) is 37.9 Å². The molecule has 0 amide bonds. The second kappa shape index (κ2) is 5.36. The molecule has 3 heterocycles. The Morgan fingerprint density at radius 2 is 2.47 bits per heavy atom. The molecular weight excluding hydrogens is 247 g/mol. The van der Waals surface area contributed by atoms with Gasteiger partial charge in [0.05, 0.1) is 18.6 Å². The minimum atomic E-state index is -0.424. The van der Waals surface area contributed by atoms with Gasteiger partial charge >= 0.3 is 0 Å². The molecule has 0 aliphatic carbocycles. The quantitative estimate of drug-likeness (QED) is 0.903. The minimum Gasteiger partial charge on any atom is -0.475 e. The van der Waals surface area contributed by atoms with E-state index in [0.29, 0.717) is 6.61 Å². The zero-order valence-electron chi connectivity index (χ0n) is 10.4. The predicted octanol–water partition coefficient (Wildman–Crippen LogP) is 1.22. The number of pyridine rings is 1. The highest BCUT2D eigenvalue weighted by Crippen LogP contribution is 2.15. The largest absolute Gasteiger partial charge is 0.475 e. The monoisotopic (exact) mass is 262 g/mol. The highest BCUT2D eigenvalue weighted by Gasteiger charge is 2.17. The summed E-state index contributed by atoms with van der Waals surface area (Å²) in [6, 6.07) is 2.90. The third kappa shape index (κ3) is 2.73. The van der Waals surface area contributed by atoms with Crippen molar-refractivity contribution >= 4 is 0 Å². The van der Waals surface area contributed by atoms with Crippen molar-refractivity contribution < 1.29 is 9.13 Å². The Balaban J connectivity index is 1.63. The number of rotatable bonds is 3. The Labute approximate surface area is 110 Å². The molecule has 0 spiro atoms. The van der Waals surface area contributed by atoms with Crippen molar-refractivity contribution in [1.29, 1.82) is 0 Å². The molecule has 1 aliphatic heterocycles. The van der Waals surface area contributed by atoms with Crippen LogP contribution in [0.3, 0.4) is 0 Å². The summed E-state index contributed by atoms with van der Waals surface area (Å²) in [6.07, 6.45) is 5.20. The summed E-state index contributed by atoms with van der Waals surface area (Å²) in [4.78, 5) is 8.01. The molecule has 0 aromatic carbocycles. The van der Waals surface area contributed by atoms with Gasteiger partial charge in [0.25, 0.3) is 0 Å². The summed E-state index contributed by atoms with van der Waals surface area (Å²) < 4.78 is 21.0. The van der Waals surface area contributed by atoms with Crippen LogP contribution in [0.25, 0.3) is 0 Å². The molecule has 19 heavy (non-hydrogen) atoms. The summed E-state index contributed by atoms with van der Waals surface area (Å²) in [6.45, 7) is 2.87. The maximum Gasteiger partial charge on any atom is 0.250 e. The van der Waals surface area contributed by atoms with E-state index in [4.69, 9.17) is 4.74 Å². The first kappa shape index (κ1) is 12.1. The van der Waals surface area contributed by atoms with Crippen molar-refractivity contribution in [2.75, 3.05) is 13.2 Å². The van der Waals surface area contributed by atoms with Gasteiger partial charge in [0.1, 0.15) is 0 Å². The van der Waals surface area contributed by atoms with Gasteiger partial charge in [-0.25, -0.2) is 14.4 Å². The fraction of sp³-hybridized carbons (Fsp3) is 0.385. The fourth-order valence-electron chi connectivity index (χ4n) is 2.19. The van der Waals surface area contributed by atoms with Crippen LogP contribution in [0.1, 0.15) is 5.69 Å². The molecule has 100 valence electrons. The third-order valence-electron chi connectivity index (χ3n) is 3.17. The SMILES string of the molecule is Fc1cccnc1OC[C@@H]1CNCc2cncn2C1. The lowest BCUT2D eigenvalue weighted by molar-refractivity contribution is 0.216. The highest BCUT2D eigenvalue weighted by atomic mass is 19.1. The van der Waals surface area contributed by atoms with E-state index < -0.39 is 5.82 Å². The third-order valence-corrected chi connectivity index (χ3v) is 3.17. The van der Waals surface area contributed by atoms with Crippen LogP contribution in [-0.4, -0.2) is 27.7 Å². The molecule has 0 saturated heterocycles. The predicted molar refractivity (Wildman–Crippen MR) is 67.1 cm³/mol. The van der Waals surface area contributed by atoms with Crippen molar-refractivity contribution in [2.45, 2.75) is 13.1 Å². The van der Waals surface area contributed by atoms with Gasteiger partial charge in [-0.1, -0.05) is 0 Å². The van der Waals surface area contributed by atoms with Crippen LogP contribution in [0, 0.1) is 11.7 Å². The normalized spacial score (nSPS) is 18.7. The summed E-state index contributed by atoms with van der Waals surface area (Å²) in [5.41, 5.74) is 1.16. The van der Waals surface area contributed by atoms with Crippen molar-refractivity contribution in [3.8, 4) is 5.88 Å². The van der Waals surface area contributed by atoms with E-state index in [1.165, 1.54) is 12.3 Å². The summed E-state index contributed by atoms with van der Waals surface area (Å²) in [7, 11) is 0. The van der Waals surface area contributed by atoms with Gasteiger partial charge in [-0.2, -0.15) is 0 Å². The lowest BCUT2D eigenvalue weighted by atomic mass is 10.1. The van der Waals surface area contributed by atoms with Gasteiger partial charge in [-0.05, 0) is 12.1 Å². The van der Waals surface area contributed by atoms with Crippen LogP contribution in [0.4, 0.5) is 4.39 Å². The number of halogens is 1. The zero-order chi connectivity index (χ0) is 13.1. The van der Waals surface area contributed by atoms with Crippen LogP contribution >= 0.6 is 0 Å². The number of hydrogen-bond donors (Lipinski definition) is 1. The molecule has 1 atom stereocenters. The lowest BCUT2D eigenvalue weighted by Gasteiger charge is -2.15. The number of nitrogens with one attached hydrogen (secondary N) is 1. The molecule has 0 unspecified atom stereocenters. The molecule has 0 fully saturated rings. The highest BCUT2D eigenvalue weighted by molar-refractivity contribution is 5.12. The van der Waals surface area contributed by atoms with E-state index in [2.05, 4.69) is 19.9 Å². The summed E-state index contributed by atoms with van der Waals surface area (Å²) in [5, 5.41) is 3.34. The van der Waals surface area contributed by atoms with Crippen molar-refractivity contribution in [1.82, 2.24) is 19.9 Å². The van der Waals surface area contributed by atoms with Gasteiger partial charge in [0.15, 0.2) is 5.82 Å². The molecular formula is C13H15FN4O. The van der Waals surface area contributed by atoms with Crippen molar-refractivity contribution in [2.24, 2.45) is 5.92 Å². The Bertz CT molecular complexity index is 557. The molecule has 2 aromatic heterocycles. The number of aromatic nitrogens is 3. The Hall–Kier alpha value is -1.95. The van der Waals surface area contributed by atoms with E-state index in [-0.39, 0.29) is 11.8 Å². The summed E-state index contributed by atoms with van der Waals surface area (Å²) in [5.74, 6) is -0.0955. The molecule has 1 aliphatic rings. The standard InChI is InChI=1S/C13H15FN4O/c14-12-2-1-3-17-13(12)19-8-10-4-15-5-11-6-16-9-18(11)7-10/h1-3,6,9-10,15H,4-5,7-8H2/t10-/m1/s1. The van der Waals surface area contributed by atoms with Gasteiger partial charge < -0.3 is 14.6 Å². The fourth-order valence-corrected chi connectivity index (χ4v) is 2.19. The molecule has 0 saturated carbocycles. The molecule has 0 radical (unpaired) electrons. The van der Waals surface area contributed by atoms with E-state index in [9.17, 15) is 4.39 Å². The number of imidazole rings is 1. The molecule has 0 bridgehead atoms. The second-order valence-corrected chi connectivity index (χ2v) is 4.64. The van der Waals surface area contributed by atoms with Crippen molar-refractivity contribution in [3.05, 3.63) is 42.4 Å². The average molecular weight is 262 g/mol. The average Bonchev–Trinajstić information content (AvgIpc) is 2.76. The van der Waals surface area contributed by atoms with Crippen LogP contribution < -0.4 is 10.1 Å². The van der Waals surface area contributed by atoms with E-state index >= 15 is 0 Å². The topological polar surface area (TPSA) is 52.0 Å². The lowest BCUT2D eigenvalue weighted by Crippen LogP contribution is -2.26. The summed E-state index contributed by atoms with van der Waals surface area (Å²) >= 11 is 0. The number of hydrogen-bond acceptors (Lipinski definition) is 4. The first-order chi connectivity index (χ1) is 9.33. The first-order valence-corrected chi connectivity index (χ1v) is 6.26. The van der Waals surface area contributed by atoms with Crippen LogP contribution in [-0.2, 0) is 13.1 Å². The van der Waals surface area contributed by atoms with Gasteiger partial charge in [-0.15, -0.1) is 0 Å². The Kier molecular flexibility index (Phi) is 3.41. The van der Waals surface area contributed by atoms with Gasteiger partial charge in [-0.3, -0.25) is 0 Å². The molecule has 6 heteroatoms. The van der Waals surface area contributed by atoms with Crippen LogP contribution in [0.5, 0.6) is 5.88 Å². The first-order valence-electron chi connectivity index (χ1n) is 6.26. The number of ether oxygens (including phenoxy) is 1. The molecule has 2 aromatic rings. The smallest absolute Gasteiger partial charge is 0.250 e. The Morgan fingerprint density at radius 1 is 1.53 bits per heavy atom. The molecule has 3 rings (SSSR count). The van der Waals surface area contributed by atoms with E-state index in [0.717, 1.165) is 25.3 Å². The number of nitrogens with zero attached hydrogens (tertiary/aromatic N) is 3. The maximum absolute atomic E-state index is 13.4. The van der Waals surface area contributed by atoms with E-state index in [1.807, 2.05) is 12.5 Å². The van der Waals surface area contributed by atoms with Gasteiger partial charge in [0.2, 0.25) is 5.88 Å². The molecule has 5 nitrogen and oxygen atoms in total. The number of fused-ring (bicyclic) bond motifs is 1. The molecule has 1 N–H and O–H groups in total. The second-order valence-electron chi connectivity index (χ2n) is 4.64. The van der Waals surface area contributed by atoms with Crippen LogP contribution in [0.2, 0.25) is 0 Å². The van der Waals surface area contributed by atoms with E-state index in [1.54, 1.807) is 6.07 Å². The van der Waals surface area contributed by atoms with Crippen LogP contribution in [0.15, 0.2) is 30.9 Å². The zero-order valence-corrected chi connectivity index (χ0v) is 10.4. The van der Waals surface area contributed by atoms with Crippen molar-refractivity contribution in [3.63, 3.8) is 0 Å². The Morgan fingerprint density at radius 3 is 3.37 bits per heavy atom.